The van der Waals surface area contributed by atoms with Crippen molar-refractivity contribution in [2.24, 2.45) is 5.10 Å². The van der Waals surface area contributed by atoms with Crippen molar-refractivity contribution in [1.29, 1.82) is 0 Å². The molecule has 0 aliphatic rings. The molecule has 0 spiro atoms. The lowest BCUT2D eigenvalue weighted by molar-refractivity contribution is -0.121. The molecule has 0 aromatic heterocycles. The third kappa shape index (κ3) is 5.90. The van der Waals surface area contributed by atoms with Crippen LogP contribution in [0.1, 0.15) is 18.1 Å². The minimum atomic E-state index is -3.73. The van der Waals surface area contributed by atoms with E-state index in [1.807, 2.05) is 13.8 Å². The van der Waals surface area contributed by atoms with Gasteiger partial charge in [-0.3, -0.25) is 4.79 Å². The van der Waals surface area contributed by atoms with Gasteiger partial charge in [0.25, 0.3) is 5.91 Å². The molecule has 2 aromatic rings. The first kappa shape index (κ1) is 20.6. The summed E-state index contributed by atoms with van der Waals surface area (Å²) in [7, 11) is -2.38. The molecule has 0 atom stereocenters. The Labute approximate surface area is 159 Å². The van der Waals surface area contributed by atoms with E-state index in [1.54, 1.807) is 36.4 Å². The Morgan fingerprint density at radius 2 is 1.78 bits per heavy atom. The van der Waals surface area contributed by atoms with Gasteiger partial charge >= 0.3 is 0 Å². The molecule has 0 heterocycles. The van der Waals surface area contributed by atoms with Crippen LogP contribution in [0.15, 0.2) is 58.5 Å². The summed E-state index contributed by atoms with van der Waals surface area (Å²) in [6.45, 7) is 4.02. The second kappa shape index (κ2) is 9.29. The van der Waals surface area contributed by atoms with E-state index in [4.69, 9.17) is 4.74 Å². The number of aryl methyl sites for hydroxylation is 1. The van der Waals surface area contributed by atoms with E-state index < -0.39 is 15.9 Å². The minimum Gasteiger partial charge on any atom is -0.494 e. The van der Waals surface area contributed by atoms with Crippen LogP contribution in [-0.2, 0) is 14.8 Å². The van der Waals surface area contributed by atoms with Crippen LogP contribution in [0.25, 0.3) is 0 Å². The first-order chi connectivity index (χ1) is 12.8. The van der Waals surface area contributed by atoms with Gasteiger partial charge in [-0.15, -0.1) is 0 Å². The van der Waals surface area contributed by atoms with E-state index in [0.29, 0.717) is 6.61 Å². The monoisotopic (exact) mass is 389 g/mol. The van der Waals surface area contributed by atoms with Crippen molar-refractivity contribution >= 4 is 22.1 Å². The highest BCUT2D eigenvalue weighted by Crippen LogP contribution is 2.14. The molecule has 0 aliphatic heterocycles. The number of carbonyl (C=O) groups excluding carboxylic acids is 1. The number of likely N-dealkylation sites (N-methyl/N-ethyl adjacent to an activating group) is 1. The molecule has 0 fully saturated rings. The molecule has 1 N–H and O–H groups in total. The summed E-state index contributed by atoms with van der Waals surface area (Å²) in [6.07, 6.45) is 1.47. The lowest BCUT2D eigenvalue weighted by Gasteiger charge is -2.16. The zero-order valence-corrected chi connectivity index (χ0v) is 16.4. The van der Waals surface area contributed by atoms with Crippen LogP contribution in [0, 0.1) is 6.92 Å². The average Bonchev–Trinajstić information content (AvgIpc) is 2.63. The molecule has 27 heavy (non-hydrogen) atoms. The normalized spacial score (nSPS) is 11.7. The number of hydrazone groups is 1. The highest BCUT2D eigenvalue weighted by atomic mass is 32.2. The number of rotatable bonds is 8. The maximum atomic E-state index is 12.5. The Morgan fingerprint density at radius 3 is 2.37 bits per heavy atom. The molecule has 144 valence electrons. The maximum Gasteiger partial charge on any atom is 0.255 e. The van der Waals surface area contributed by atoms with Crippen molar-refractivity contribution < 1.29 is 17.9 Å². The molecule has 0 radical (unpaired) electrons. The lowest BCUT2D eigenvalue weighted by Crippen LogP contribution is -2.36. The average molecular weight is 389 g/mol. The number of hydrogen-bond donors (Lipinski definition) is 1. The van der Waals surface area contributed by atoms with Crippen LogP contribution in [0.5, 0.6) is 5.75 Å². The van der Waals surface area contributed by atoms with Gasteiger partial charge in [0, 0.05) is 7.05 Å². The number of sulfonamides is 1. The fourth-order valence-electron chi connectivity index (χ4n) is 2.21. The first-order valence-corrected chi connectivity index (χ1v) is 9.84. The van der Waals surface area contributed by atoms with Gasteiger partial charge in [0.2, 0.25) is 10.0 Å². The summed E-state index contributed by atoms with van der Waals surface area (Å²) in [6, 6.07) is 13.7. The highest BCUT2D eigenvalue weighted by molar-refractivity contribution is 7.89. The molecule has 0 unspecified atom stereocenters. The Bertz CT molecular complexity index is 892. The lowest BCUT2D eigenvalue weighted by atomic mass is 10.2. The molecule has 2 rings (SSSR count). The predicted molar refractivity (Wildman–Crippen MR) is 104 cm³/mol. The molecule has 2 aromatic carbocycles. The number of benzene rings is 2. The van der Waals surface area contributed by atoms with E-state index in [2.05, 4.69) is 10.5 Å². The summed E-state index contributed by atoms with van der Waals surface area (Å²) >= 11 is 0. The van der Waals surface area contributed by atoms with Crippen LogP contribution < -0.4 is 10.2 Å². The maximum absolute atomic E-state index is 12.5. The predicted octanol–water partition coefficient (Wildman–Crippen LogP) is 2.16. The van der Waals surface area contributed by atoms with Crippen molar-refractivity contribution in [2.75, 3.05) is 20.2 Å². The molecule has 0 saturated carbocycles. The molecule has 8 heteroatoms. The van der Waals surface area contributed by atoms with E-state index in [9.17, 15) is 13.2 Å². The van der Waals surface area contributed by atoms with Gasteiger partial charge in [0.1, 0.15) is 5.75 Å². The van der Waals surface area contributed by atoms with E-state index in [-0.39, 0.29) is 11.4 Å². The molecule has 0 saturated heterocycles. The van der Waals surface area contributed by atoms with Crippen molar-refractivity contribution in [2.45, 2.75) is 18.7 Å². The summed E-state index contributed by atoms with van der Waals surface area (Å²) in [4.78, 5) is 12.1. The number of nitrogens with one attached hydrogen (secondary N) is 1. The summed E-state index contributed by atoms with van der Waals surface area (Å²) in [5.74, 6) is 0.219. The summed E-state index contributed by atoms with van der Waals surface area (Å²) in [5.41, 5.74) is 4.06. The SMILES string of the molecule is CCOc1ccc(/C=N\NC(=O)CN(C)S(=O)(=O)c2ccc(C)cc2)cc1. The van der Waals surface area contributed by atoms with Crippen LogP contribution in [0.2, 0.25) is 0 Å². The summed E-state index contributed by atoms with van der Waals surface area (Å²) < 4.78 is 31.2. The van der Waals surface area contributed by atoms with Crippen molar-refractivity contribution in [3.8, 4) is 5.75 Å². The molecule has 7 nitrogen and oxygen atoms in total. The highest BCUT2D eigenvalue weighted by Gasteiger charge is 2.22. The van der Waals surface area contributed by atoms with E-state index >= 15 is 0 Å². The van der Waals surface area contributed by atoms with Crippen LogP contribution >= 0.6 is 0 Å². The number of amides is 1. The quantitative estimate of drug-likeness (QED) is 0.554. The van der Waals surface area contributed by atoms with Gasteiger partial charge in [-0.25, -0.2) is 13.8 Å². The van der Waals surface area contributed by atoms with Crippen molar-refractivity contribution in [3.63, 3.8) is 0 Å². The first-order valence-electron chi connectivity index (χ1n) is 8.40. The Balaban J connectivity index is 1.91. The second-order valence-electron chi connectivity index (χ2n) is 5.87. The van der Waals surface area contributed by atoms with E-state index in [1.165, 1.54) is 25.4 Å². The number of hydrogen-bond acceptors (Lipinski definition) is 5. The fourth-order valence-corrected chi connectivity index (χ4v) is 3.34. The Morgan fingerprint density at radius 1 is 1.15 bits per heavy atom. The van der Waals surface area contributed by atoms with Crippen LogP contribution in [0.4, 0.5) is 0 Å². The third-order valence-electron chi connectivity index (χ3n) is 3.69. The minimum absolute atomic E-state index is 0.140. The number of ether oxygens (including phenoxy) is 1. The number of nitrogens with zero attached hydrogens (tertiary/aromatic N) is 2. The van der Waals surface area contributed by atoms with Gasteiger partial charge in [-0.1, -0.05) is 17.7 Å². The molecular formula is C19H23N3O4S. The third-order valence-corrected chi connectivity index (χ3v) is 5.51. The Kier molecular flexibility index (Phi) is 7.09. The molecule has 0 aliphatic carbocycles. The Hall–Kier alpha value is -2.71. The van der Waals surface area contributed by atoms with Gasteiger partial charge < -0.3 is 4.74 Å². The van der Waals surface area contributed by atoms with E-state index in [0.717, 1.165) is 21.2 Å². The van der Waals surface area contributed by atoms with Crippen molar-refractivity contribution in [3.05, 3.63) is 59.7 Å². The van der Waals surface area contributed by atoms with Crippen LogP contribution in [0.3, 0.4) is 0 Å². The fraction of sp³-hybridized carbons (Fsp3) is 0.263. The van der Waals surface area contributed by atoms with Crippen molar-refractivity contribution in [1.82, 2.24) is 9.73 Å². The zero-order valence-electron chi connectivity index (χ0n) is 15.5. The molecule has 0 bridgehead atoms. The number of carbonyl (C=O) groups is 1. The second-order valence-corrected chi connectivity index (χ2v) is 7.91. The van der Waals surface area contributed by atoms with Gasteiger partial charge in [-0.2, -0.15) is 9.41 Å². The molecule has 1 amide bonds. The van der Waals surface area contributed by atoms with Crippen LogP contribution in [-0.4, -0.2) is 45.0 Å². The van der Waals surface area contributed by atoms with Gasteiger partial charge in [0.05, 0.1) is 24.3 Å². The van der Waals surface area contributed by atoms with Gasteiger partial charge in [0.15, 0.2) is 0 Å². The standard InChI is InChI=1S/C19H23N3O4S/c1-4-26-17-9-7-16(8-10-17)13-20-21-19(23)14-22(3)27(24,25)18-11-5-15(2)6-12-18/h5-13H,4,14H2,1-3H3,(H,21,23)/b20-13-. The largest absolute Gasteiger partial charge is 0.494 e. The van der Waals surface area contributed by atoms with Gasteiger partial charge in [-0.05, 0) is 55.8 Å². The zero-order chi connectivity index (χ0) is 19.9. The molecular weight excluding hydrogens is 366 g/mol. The smallest absolute Gasteiger partial charge is 0.255 e. The summed E-state index contributed by atoms with van der Waals surface area (Å²) in [5, 5.41) is 3.85. The topological polar surface area (TPSA) is 88.1 Å².